The molecule has 0 N–H and O–H groups in total. The zero-order valence-corrected chi connectivity index (χ0v) is 29.2. The van der Waals surface area contributed by atoms with Crippen LogP contribution in [-0.4, -0.2) is 0 Å². The maximum absolute atomic E-state index is 2.43. The zero-order chi connectivity index (χ0) is 34.4. The minimum Gasteiger partial charge on any atom is -0.309 e. The predicted molar refractivity (Wildman–Crippen MR) is 225 cm³/mol. The second-order valence-corrected chi connectivity index (χ2v) is 14.3. The van der Waals surface area contributed by atoms with E-state index in [1.165, 1.54) is 80.8 Å². The van der Waals surface area contributed by atoms with Crippen LogP contribution in [0.25, 0.3) is 75.1 Å². The molecular weight excluding hydrogens is 647 g/mol. The van der Waals surface area contributed by atoms with Gasteiger partial charge in [-0.25, -0.2) is 0 Å². The van der Waals surface area contributed by atoms with Gasteiger partial charge in [0.1, 0.15) is 0 Å². The number of hydrogen-bond acceptors (Lipinski definition) is 2. The summed E-state index contributed by atoms with van der Waals surface area (Å²) in [6.07, 6.45) is 0. The van der Waals surface area contributed by atoms with Gasteiger partial charge in [-0.05, 0) is 91.3 Å². The summed E-state index contributed by atoms with van der Waals surface area (Å²) in [5, 5.41) is 7.60. The molecule has 0 bridgehead atoms. The Balaban J connectivity index is 1.13. The third kappa shape index (κ3) is 5.24. The largest absolute Gasteiger partial charge is 0.309 e. The third-order valence-corrected chi connectivity index (χ3v) is 11.5. The average molecular weight is 680 g/mol. The molecule has 0 atom stereocenters. The first-order valence-corrected chi connectivity index (χ1v) is 18.6. The van der Waals surface area contributed by atoms with Crippen LogP contribution in [0.5, 0.6) is 0 Å². The highest BCUT2D eigenvalue weighted by molar-refractivity contribution is 7.27. The van der Waals surface area contributed by atoms with E-state index >= 15 is 0 Å². The standard InChI is InChI=1S/C50H33NS/c1-2-12-37(13-3-1)45-19-9-20-46-47-21-10-22-48(50(47)52-49(45)46)51(41-29-25-35(26-30-41)40-24-23-34-11-4-5-15-39(34)33-40)42-31-27-38(28-32-42)44-18-8-16-36-14-6-7-17-43(36)44/h1-33H. The number of rotatable bonds is 6. The van der Waals surface area contributed by atoms with Gasteiger partial charge in [0.05, 0.1) is 10.4 Å². The van der Waals surface area contributed by atoms with Crippen LogP contribution in [0, 0.1) is 0 Å². The lowest BCUT2D eigenvalue weighted by atomic mass is 9.98. The molecule has 0 fully saturated rings. The summed E-state index contributed by atoms with van der Waals surface area (Å²) in [6.45, 7) is 0. The van der Waals surface area contributed by atoms with Gasteiger partial charge in [-0.15, -0.1) is 11.3 Å². The number of hydrogen-bond donors (Lipinski definition) is 0. The molecule has 9 aromatic carbocycles. The van der Waals surface area contributed by atoms with Crippen molar-refractivity contribution in [3.63, 3.8) is 0 Å². The number of thiophene rings is 1. The Morgan fingerprint density at radius 3 is 1.63 bits per heavy atom. The van der Waals surface area contributed by atoms with Crippen molar-refractivity contribution in [2.75, 3.05) is 4.90 Å². The first kappa shape index (κ1) is 30.4. The first-order valence-electron chi connectivity index (χ1n) is 17.8. The second-order valence-electron chi connectivity index (χ2n) is 13.3. The minimum atomic E-state index is 1.12. The van der Waals surface area contributed by atoms with Gasteiger partial charge in [-0.1, -0.05) is 164 Å². The van der Waals surface area contributed by atoms with Crippen LogP contribution < -0.4 is 4.90 Å². The van der Waals surface area contributed by atoms with Gasteiger partial charge in [0.25, 0.3) is 0 Å². The summed E-state index contributed by atoms with van der Waals surface area (Å²) in [5.41, 5.74) is 10.8. The van der Waals surface area contributed by atoms with Crippen LogP contribution in [0.3, 0.4) is 0 Å². The van der Waals surface area contributed by atoms with Crippen LogP contribution in [0.1, 0.15) is 0 Å². The molecule has 1 nitrogen and oxygen atoms in total. The van der Waals surface area contributed by atoms with E-state index in [9.17, 15) is 0 Å². The molecular formula is C50H33NS. The van der Waals surface area contributed by atoms with Crippen molar-refractivity contribution in [1.82, 2.24) is 0 Å². The van der Waals surface area contributed by atoms with Gasteiger partial charge in [0.15, 0.2) is 0 Å². The molecule has 0 radical (unpaired) electrons. The van der Waals surface area contributed by atoms with Gasteiger partial charge in [0.2, 0.25) is 0 Å². The fourth-order valence-corrected chi connectivity index (χ4v) is 9.03. The maximum Gasteiger partial charge on any atom is 0.0640 e. The van der Waals surface area contributed by atoms with Crippen molar-refractivity contribution in [2.45, 2.75) is 0 Å². The lowest BCUT2D eigenvalue weighted by Gasteiger charge is -2.26. The predicted octanol–water partition coefficient (Wildman–Crippen LogP) is 14.8. The molecule has 0 spiro atoms. The topological polar surface area (TPSA) is 3.24 Å². The highest BCUT2D eigenvalue weighted by Gasteiger charge is 2.20. The Hall–Kier alpha value is -6.48. The van der Waals surface area contributed by atoms with Crippen LogP contribution in [0.2, 0.25) is 0 Å². The fourth-order valence-electron chi connectivity index (χ4n) is 7.69. The van der Waals surface area contributed by atoms with Crippen molar-refractivity contribution in [3.8, 4) is 33.4 Å². The molecule has 0 saturated heterocycles. The number of anilines is 3. The van der Waals surface area contributed by atoms with Gasteiger partial charge in [-0.3, -0.25) is 0 Å². The number of benzene rings is 9. The minimum absolute atomic E-state index is 1.12. The maximum atomic E-state index is 2.43. The van der Waals surface area contributed by atoms with E-state index in [1.54, 1.807) is 0 Å². The molecule has 52 heavy (non-hydrogen) atoms. The molecule has 0 unspecified atom stereocenters. The van der Waals surface area contributed by atoms with Crippen LogP contribution in [0.15, 0.2) is 200 Å². The van der Waals surface area contributed by atoms with Crippen molar-refractivity contribution < 1.29 is 0 Å². The molecule has 244 valence electrons. The lowest BCUT2D eigenvalue weighted by molar-refractivity contribution is 1.30. The quantitative estimate of drug-likeness (QED) is 0.169. The van der Waals surface area contributed by atoms with Gasteiger partial charge in [0, 0.05) is 26.8 Å². The van der Waals surface area contributed by atoms with E-state index in [-0.39, 0.29) is 0 Å². The van der Waals surface area contributed by atoms with Gasteiger partial charge >= 0.3 is 0 Å². The Morgan fingerprint density at radius 2 is 0.846 bits per heavy atom. The smallest absolute Gasteiger partial charge is 0.0640 e. The second kappa shape index (κ2) is 12.7. The molecule has 2 heteroatoms. The first-order chi connectivity index (χ1) is 25.8. The monoisotopic (exact) mass is 679 g/mol. The molecule has 0 aliphatic carbocycles. The summed E-state index contributed by atoms with van der Waals surface area (Å²) < 4.78 is 2.59. The average Bonchev–Trinajstić information content (AvgIpc) is 3.61. The summed E-state index contributed by atoms with van der Waals surface area (Å²) in [4.78, 5) is 2.43. The van der Waals surface area contributed by atoms with E-state index in [0.29, 0.717) is 0 Å². The van der Waals surface area contributed by atoms with Gasteiger partial charge < -0.3 is 4.90 Å². The van der Waals surface area contributed by atoms with E-state index in [2.05, 4.69) is 205 Å². The number of fused-ring (bicyclic) bond motifs is 5. The molecule has 0 amide bonds. The molecule has 1 heterocycles. The van der Waals surface area contributed by atoms with Crippen molar-refractivity contribution >= 4 is 70.1 Å². The van der Waals surface area contributed by atoms with Crippen molar-refractivity contribution in [3.05, 3.63) is 200 Å². The van der Waals surface area contributed by atoms with Crippen molar-refractivity contribution in [2.24, 2.45) is 0 Å². The Labute approximate surface area is 307 Å². The SMILES string of the molecule is c1ccc(-c2cccc3c2sc2c(N(c4ccc(-c5ccc6ccccc6c5)cc4)c4ccc(-c5cccc6ccccc56)cc4)cccc23)cc1. The van der Waals surface area contributed by atoms with E-state index < -0.39 is 0 Å². The Kier molecular flexibility index (Phi) is 7.41. The van der Waals surface area contributed by atoms with Crippen LogP contribution in [0.4, 0.5) is 17.1 Å². The third-order valence-electron chi connectivity index (χ3n) is 10.3. The highest BCUT2D eigenvalue weighted by Crippen LogP contribution is 2.47. The Bertz CT molecular complexity index is 2880. The fraction of sp³-hybridized carbons (Fsp3) is 0. The lowest BCUT2D eigenvalue weighted by Crippen LogP contribution is -2.10. The zero-order valence-electron chi connectivity index (χ0n) is 28.4. The molecule has 10 aromatic rings. The summed E-state index contributed by atoms with van der Waals surface area (Å²) in [6, 6.07) is 72.9. The summed E-state index contributed by atoms with van der Waals surface area (Å²) >= 11 is 1.89. The van der Waals surface area contributed by atoms with Gasteiger partial charge in [-0.2, -0.15) is 0 Å². The van der Waals surface area contributed by atoms with Crippen LogP contribution in [-0.2, 0) is 0 Å². The molecule has 0 aliphatic rings. The summed E-state index contributed by atoms with van der Waals surface area (Å²) in [7, 11) is 0. The summed E-state index contributed by atoms with van der Waals surface area (Å²) in [5.74, 6) is 0. The molecule has 0 aliphatic heterocycles. The molecule has 1 aromatic heterocycles. The normalized spacial score (nSPS) is 11.5. The highest BCUT2D eigenvalue weighted by atomic mass is 32.1. The number of nitrogens with zero attached hydrogens (tertiary/aromatic N) is 1. The van der Waals surface area contributed by atoms with E-state index in [1.807, 2.05) is 11.3 Å². The molecule has 0 saturated carbocycles. The van der Waals surface area contributed by atoms with Crippen molar-refractivity contribution in [1.29, 1.82) is 0 Å². The van der Waals surface area contributed by atoms with E-state index in [4.69, 9.17) is 0 Å². The Morgan fingerprint density at radius 1 is 0.308 bits per heavy atom. The molecule has 10 rings (SSSR count). The van der Waals surface area contributed by atoms with E-state index in [0.717, 1.165) is 11.4 Å². The van der Waals surface area contributed by atoms with Crippen LogP contribution >= 0.6 is 11.3 Å².